The van der Waals surface area contributed by atoms with Crippen LogP contribution in [0.4, 0.5) is 0 Å². The Labute approximate surface area is 604 Å². The summed E-state index contributed by atoms with van der Waals surface area (Å²) in [7, 11) is 20.2. The molecule has 0 aliphatic carbocycles. The molecule has 9 rings (SSSR count). The number of hydrogen-bond acceptors (Lipinski definition) is 27. The third kappa shape index (κ3) is 16.2. The van der Waals surface area contributed by atoms with Gasteiger partial charge in [-0.05, 0) is 93.7 Å². The van der Waals surface area contributed by atoms with E-state index in [2.05, 4.69) is 0 Å². The number of fused-ring (bicyclic) bond motifs is 6. The van der Waals surface area contributed by atoms with Gasteiger partial charge in [-0.3, -0.25) is 0 Å². The van der Waals surface area contributed by atoms with Crippen LogP contribution in [0.2, 0.25) is 0 Å². The van der Waals surface area contributed by atoms with E-state index in [9.17, 15) is 29.7 Å². The summed E-state index contributed by atoms with van der Waals surface area (Å²) in [5.41, 5.74) is 3.05. The second kappa shape index (κ2) is 34.8. The van der Waals surface area contributed by atoms with Crippen LogP contribution in [0, 0.1) is 5.92 Å². The molecule has 3 aromatic carbocycles. The van der Waals surface area contributed by atoms with Crippen molar-refractivity contribution < 1.29 is 86.5 Å². The Morgan fingerprint density at radius 2 is 0.330 bits per heavy atom. The zero-order valence-corrected chi connectivity index (χ0v) is 65.1. The highest BCUT2D eigenvalue weighted by molar-refractivity contribution is 8.23. The topological polar surface area (TPSA) is 223 Å². The van der Waals surface area contributed by atoms with Gasteiger partial charge in [0.2, 0.25) is 0 Å². The molecule has 6 aliphatic heterocycles. The minimum absolute atomic E-state index is 0.210. The largest absolute Gasteiger partial charge is 0.478 e. The molecule has 0 unspecified atom stereocenters. The molecule has 0 atom stereocenters. The molecule has 94 heavy (non-hydrogen) atoms. The van der Waals surface area contributed by atoms with E-state index in [4.69, 9.17) is 56.8 Å². The molecular weight excluding hydrogens is 1440 g/mol. The van der Waals surface area contributed by atoms with Crippen molar-refractivity contribution in [2.45, 2.75) is 160 Å². The van der Waals surface area contributed by atoms with E-state index in [1.165, 1.54) is 0 Å². The molecule has 0 spiro atoms. The summed E-state index contributed by atoms with van der Waals surface area (Å²) in [6, 6.07) is 0. The van der Waals surface area contributed by atoms with E-state index in [1.54, 1.807) is 226 Å². The van der Waals surface area contributed by atoms with Crippen molar-refractivity contribution in [2.24, 2.45) is 0 Å². The van der Waals surface area contributed by atoms with Gasteiger partial charge in [-0.25, -0.2) is 14.4 Å². The highest BCUT2D eigenvalue weighted by Gasteiger charge is 2.58. The molecule has 0 saturated heterocycles. The molecular formula is C64H87O18S12. The lowest BCUT2D eigenvalue weighted by molar-refractivity contribution is 0.0677. The summed E-state index contributed by atoms with van der Waals surface area (Å²) >= 11 is 19.3. The molecule has 18 nitrogen and oxygen atoms in total. The van der Waals surface area contributed by atoms with Gasteiger partial charge in [0.15, 0.2) is 0 Å². The van der Waals surface area contributed by atoms with Crippen LogP contribution in [0.3, 0.4) is 0 Å². The van der Waals surface area contributed by atoms with Gasteiger partial charge in [0, 0.05) is 223 Å². The molecule has 0 fully saturated rings. The van der Waals surface area contributed by atoms with Crippen LogP contribution in [0.15, 0.2) is 58.7 Å². The first-order valence-corrected chi connectivity index (χ1v) is 40.6. The minimum atomic E-state index is -1.06. The fourth-order valence-corrected chi connectivity index (χ4v) is 32.9. The molecule has 30 heteroatoms. The number of carbonyl (C=O) groups is 3. The Bertz CT molecular complexity index is 2650. The summed E-state index contributed by atoms with van der Waals surface area (Å²) in [5, 5.41) is 36.4. The van der Waals surface area contributed by atoms with Gasteiger partial charge in [0.25, 0.3) is 0 Å². The molecule has 0 bridgehead atoms. The Balaban J connectivity index is 1.58. The minimum Gasteiger partial charge on any atom is -0.478 e. The molecule has 6 aliphatic rings. The average Bonchev–Trinajstić information content (AvgIpc) is 1.49. The molecule has 523 valence electrons. The van der Waals surface area contributed by atoms with E-state index >= 15 is 0 Å². The molecule has 0 saturated carbocycles. The fraction of sp³-hybridized carbons (Fsp3) is 0.656. The van der Waals surface area contributed by atoms with Crippen molar-refractivity contribution in [3.05, 3.63) is 39.3 Å². The quantitative estimate of drug-likeness (QED) is 0.0449. The predicted octanol–water partition coefficient (Wildman–Crippen LogP) is 15.6. The van der Waals surface area contributed by atoms with Crippen LogP contribution in [-0.2, 0) is 56.8 Å². The lowest BCUT2D eigenvalue weighted by atomic mass is 9.83. The Morgan fingerprint density at radius 3 is 0.426 bits per heavy atom. The van der Waals surface area contributed by atoms with Crippen molar-refractivity contribution in [1.82, 2.24) is 0 Å². The number of thioether (sulfide) groups is 12. The monoisotopic (exact) mass is 1530 g/mol. The number of rotatable bonds is 42. The van der Waals surface area contributed by atoms with E-state index in [0.29, 0.717) is 186 Å². The number of ether oxygens (including phenoxy) is 12. The highest BCUT2D eigenvalue weighted by Crippen LogP contribution is 2.77. The molecule has 0 aromatic heterocycles. The smallest absolute Gasteiger partial charge is 0.338 e. The zero-order valence-electron chi connectivity index (χ0n) is 55.3. The molecule has 0 amide bonds. The number of aromatic carboxylic acids is 3. The zero-order chi connectivity index (χ0) is 67.6. The van der Waals surface area contributed by atoms with E-state index in [-0.39, 0.29) is 16.7 Å². The third-order valence-electron chi connectivity index (χ3n) is 17.1. The average molecular weight is 1530 g/mol. The number of benzene rings is 3. The van der Waals surface area contributed by atoms with Gasteiger partial charge < -0.3 is 72.2 Å². The Morgan fingerprint density at radius 1 is 0.223 bits per heavy atom. The van der Waals surface area contributed by atoms with Crippen LogP contribution in [0.25, 0.3) is 0 Å². The van der Waals surface area contributed by atoms with Crippen LogP contribution >= 0.6 is 141 Å². The normalized spacial score (nSPS) is 18.6. The standard InChI is InChI=1S/C64H87O18S12/c1-71-25-13-59(14-26-72-2)83-44-38(45-51(41(56(65)66)50(44)89-59)90-60(84-45,15-27-73-3)16-28-74-4)37(39-46-52(91-61(85-46,17-29-75-5)18-30-76-6)42(57(67)68)53-47(39)86-62(92-53,19-31-77-7)20-32-78-8)40-48-54(93-63(87-48,21-33-79-9)22-34-80-10)43(58(69)70)55-49(40)88-64(94-55,23-35-81-11)24-36-82-12/h13-36H2,1-12H3,(H,65,66)(H,67,68)(H,69,70). The summed E-state index contributed by atoms with van der Waals surface area (Å²) in [6.45, 7) is 4.47. The van der Waals surface area contributed by atoms with E-state index in [0.717, 1.165) is 52.0 Å². The first-order valence-electron chi connectivity index (χ1n) is 30.8. The van der Waals surface area contributed by atoms with Crippen molar-refractivity contribution in [2.75, 3.05) is 165 Å². The summed E-state index contributed by atoms with van der Waals surface area (Å²) in [5.74, 6) is -2.41. The van der Waals surface area contributed by atoms with Crippen LogP contribution < -0.4 is 0 Å². The maximum absolute atomic E-state index is 14.8. The van der Waals surface area contributed by atoms with Crippen molar-refractivity contribution in [3.8, 4) is 0 Å². The predicted molar refractivity (Wildman–Crippen MR) is 385 cm³/mol. The van der Waals surface area contributed by atoms with E-state index < -0.39 is 42.4 Å². The van der Waals surface area contributed by atoms with Gasteiger partial charge in [-0.2, -0.15) is 0 Å². The van der Waals surface area contributed by atoms with E-state index in [1.807, 2.05) is 0 Å². The van der Waals surface area contributed by atoms with Crippen molar-refractivity contribution in [1.29, 1.82) is 0 Å². The first-order chi connectivity index (χ1) is 45.3. The maximum Gasteiger partial charge on any atom is 0.338 e. The van der Waals surface area contributed by atoms with Crippen LogP contribution in [-0.4, -0.2) is 222 Å². The number of hydrogen-bond donors (Lipinski definition) is 3. The highest BCUT2D eigenvalue weighted by atomic mass is 32.2. The lowest BCUT2D eigenvalue weighted by Gasteiger charge is -2.33. The summed E-state index contributed by atoms with van der Waals surface area (Å²) < 4.78 is 67.0. The Kier molecular flexibility index (Phi) is 28.9. The second-order valence-corrected chi connectivity index (χ2v) is 41.4. The van der Waals surface area contributed by atoms with Gasteiger partial charge >= 0.3 is 17.9 Å². The number of methoxy groups -OCH3 is 12. The number of carboxylic acid groups (broad SMARTS) is 3. The van der Waals surface area contributed by atoms with Gasteiger partial charge in [-0.1, -0.05) is 0 Å². The molecule has 6 heterocycles. The Hall–Kier alpha value is -0.210. The summed E-state index contributed by atoms with van der Waals surface area (Å²) in [4.78, 5) is 52.8. The molecule has 3 aromatic rings. The van der Waals surface area contributed by atoms with Gasteiger partial charge in [0.1, 0.15) is 0 Å². The van der Waals surface area contributed by atoms with Gasteiger partial charge in [0.05, 0.1) is 47.1 Å². The SMILES string of the molecule is COCCC1(CCOC)Sc2c(c(C(=O)O)c3c(c2[C](c2c4c(c(C(=O)O)c5c2SC(CCOC)(CCOC)S5)SC(CCOC)(CCOC)S4)c2c4c(c(C(=O)O)c5c2SC(CCOC)(CCOC)S5)SC(CCOC)(CCOC)S4)SC(CCOC)(CCOC)S3)S1. The summed E-state index contributed by atoms with van der Waals surface area (Å²) in [6.07, 6.45) is 6.35. The van der Waals surface area contributed by atoms with Crippen molar-refractivity contribution in [3.63, 3.8) is 0 Å². The molecule has 1 radical (unpaired) electrons. The van der Waals surface area contributed by atoms with Crippen LogP contribution in [0.5, 0.6) is 0 Å². The lowest BCUT2D eigenvalue weighted by Crippen LogP contribution is -2.23. The third-order valence-corrected chi connectivity index (χ3v) is 37.5. The van der Waals surface area contributed by atoms with Crippen LogP contribution in [0.1, 0.15) is 125 Å². The second-order valence-electron chi connectivity index (χ2n) is 23.1. The van der Waals surface area contributed by atoms with Crippen molar-refractivity contribution >= 4 is 159 Å². The number of carboxylic acids is 3. The van der Waals surface area contributed by atoms with Gasteiger partial charge in [-0.15, -0.1) is 141 Å². The molecule has 3 N–H and O–H groups in total. The fourth-order valence-electron chi connectivity index (χ4n) is 12.2. The maximum atomic E-state index is 14.8. The first kappa shape index (κ1) is 77.9.